The molecule has 3 aliphatic rings. The third-order valence-electron chi connectivity index (χ3n) is 8.83. The smallest absolute Gasteiger partial charge is 0.290 e. The molecule has 0 unspecified atom stereocenters. The topological polar surface area (TPSA) is 196 Å². The fourth-order valence-corrected chi connectivity index (χ4v) is 6.05. The van der Waals surface area contributed by atoms with Gasteiger partial charge in [-0.2, -0.15) is 0 Å². The molecule has 2 aliphatic heterocycles. The largest absolute Gasteiger partial charge is 0.497 e. The van der Waals surface area contributed by atoms with Crippen molar-refractivity contribution in [2.24, 2.45) is 11.8 Å². The Labute approximate surface area is 317 Å². The van der Waals surface area contributed by atoms with E-state index in [-0.39, 0.29) is 68.7 Å². The molecule has 15 nitrogen and oxygen atoms in total. The van der Waals surface area contributed by atoms with Gasteiger partial charge in [0, 0.05) is 19.4 Å². The summed E-state index contributed by atoms with van der Waals surface area (Å²) in [6.45, 7) is 6.02. The highest BCUT2D eigenvalue weighted by Crippen LogP contribution is 2.30. The monoisotopic (exact) mass is 752 g/mol. The van der Waals surface area contributed by atoms with Crippen LogP contribution in [0.1, 0.15) is 51.2 Å². The molecule has 0 saturated heterocycles. The normalized spacial score (nSPS) is 21.5. The second kappa shape index (κ2) is 21.5. The van der Waals surface area contributed by atoms with Gasteiger partial charge in [-0.25, -0.2) is 0 Å². The van der Waals surface area contributed by atoms with Gasteiger partial charge in [-0.1, -0.05) is 38.1 Å². The number of rotatable bonds is 10. The van der Waals surface area contributed by atoms with E-state index in [2.05, 4.69) is 35.1 Å². The summed E-state index contributed by atoms with van der Waals surface area (Å²) >= 11 is 0. The highest BCUT2D eigenvalue weighted by molar-refractivity contribution is 5.95. The van der Waals surface area contributed by atoms with Gasteiger partial charge in [0.2, 0.25) is 29.5 Å². The Kier molecular flexibility index (Phi) is 17.2. The summed E-state index contributed by atoms with van der Waals surface area (Å²) in [4.78, 5) is 79.6. The molecule has 0 radical (unpaired) electrons. The summed E-state index contributed by atoms with van der Waals surface area (Å²) in [6.07, 6.45) is 2.87. The quantitative estimate of drug-likeness (QED) is 0.175. The van der Waals surface area contributed by atoms with Crippen molar-refractivity contribution >= 4 is 36.0 Å². The summed E-state index contributed by atoms with van der Waals surface area (Å²) in [5, 5.41) is 18.5. The molecule has 15 heteroatoms. The average molecular weight is 753 g/mol. The van der Waals surface area contributed by atoms with Gasteiger partial charge in [-0.3, -0.25) is 28.8 Å². The van der Waals surface area contributed by atoms with Gasteiger partial charge < -0.3 is 45.6 Å². The third-order valence-corrected chi connectivity index (χ3v) is 8.83. The van der Waals surface area contributed by atoms with Crippen LogP contribution in [-0.4, -0.2) is 123 Å². The molecule has 4 atom stereocenters. The maximum absolute atomic E-state index is 14.0. The number of carbonyl (C=O) groups is 6. The van der Waals surface area contributed by atoms with Crippen LogP contribution in [0.15, 0.2) is 48.5 Å². The minimum Gasteiger partial charge on any atom is -0.497 e. The molecule has 5 amide bonds. The standard InChI is InChI=1S/C38H54N6O7.CH2O2/c1-24(2)17-29-23-51-31-15-11-27(12-16-31)18-32(41-34(45)21-43(4)5)37(48)42-33(19-26-9-13-30(50-6)14-10-26)36(47)39-25(3)38(49)44(20-28-7-8-28)22-35(46)40-29;2-1-3/h9-16,24-25,28-29,32-33H,7-8,17-23H2,1-6H3,(H,39,47)(H,40,46)(H,41,45)(H,42,48);1H,(H,2,3)/t25-,29+,32+,33+;/m1./s1. The zero-order valence-corrected chi connectivity index (χ0v) is 32.1. The fourth-order valence-electron chi connectivity index (χ4n) is 6.05. The van der Waals surface area contributed by atoms with E-state index in [4.69, 9.17) is 19.4 Å². The lowest BCUT2D eigenvalue weighted by Crippen LogP contribution is -2.58. The lowest BCUT2D eigenvalue weighted by Gasteiger charge is -2.29. The van der Waals surface area contributed by atoms with Crippen LogP contribution in [0.3, 0.4) is 0 Å². The molecule has 1 aliphatic carbocycles. The van der Waals surface area contributed by atoms with Crippen LogP contribution in [0.2, 0.25) is 0 Å². The SMILES string of the molecule is COc1ccc(C[C@@H]2NC(=O)[C@@H](NC(=O)CN(C)C)Cc3ccc(cc3)OC[C@H](CC(C)C)NC(=O)CN(CC3CC3)C(=O)[C@@H](C)NC2=O)cc1.O=CO. The first kappa shape index (κ1) is 43.2. The lowest BCUT2D eigenvalue weighted by molar-refractivity contribution is -0.140. The molecule has 0 spiro atoms. The van der Waals surface area contributed by atoms with Gasteiger partial charge in [-0.15, -0.1) is 0 Å². The molecule has 0 aromatic heterocycles. The van der Waals surface area contributed by atoms with Gasteiger partial charge in [0.1, 0.15) is 36.2 Å². The number of hydrogen-bond donors (Lipinski definition) is 5. The number of methoxy groups -OCH3 is 1. The van der Waals surface area contributed by atoms with Gasteiger partial charge in [-0.05, 0) is 87.5 Å². The summed E-state index contributed by atoms with van der Waals surface area (Å²) < 4.78 is 11.4. The van der Waals surface area contributed by atoms with Crippen molar-refractivity contribution in [1.29, 1.82) is 0 Å². The Bertz CT molecular complexity index is 1550. The summed E-state index contributed by atoms with van der Waals surface area (Å²) in [6, 6.07) is 11.0. The van der Waals surface area contributed by atoms with E-state index in [1.807, 2.05) is 12.1 Å². The predicted octanol–water partition coefficient (Wildman–Crippen LogP) is 1.38. The first-order valence-electron chi connectivity index (χ1n) is 18.3. The van der Waals surface area contributed by atoms with Crippen LogP contribution in [0.5, 0.6) is 11.5 Å². The summed E-state index contributed by atoms with van der Waals surface area (Å²) in [7, 11) is 5.07. The first-order chi connectivity index (χ1) is 25.7. The van der Waals surface area contributed by atoms with E-state index >= 15 is 0 Å². The Hall–Kier alpha value is -5.18. The van der Waals surface area contributed by atoms with Crippen molar-refractivity contribution in [2.45, 2.75) is 77.0 Å². The number of ether oxygens (including phenoxy) is 2. The molecule has 5 N–H and O–H groups in total. The van der Waals surface area contributed by atoms with Gasteiger partial charge >= 0.3 is 0 Å². The van der Waals surface area contributed by atoms with E-state index < -0.39 is 29.9 Å². The molecule has 2 bridgehead atoms. The number of hydrogen-bond acceptors (Lipinski definition) is 9. The molecule has 2 heterocycles. The average Bonchev–Trinajstić information content (AvgIpc) is 3.93. The zero-order chi connectivity index (χ0) is 39.8. The minimum atomic E-state index is -1.09. The van der Waals surface area contributed by atoms with E-state index in [9.17, 15) is 24.0 Å². The molecule has 2 aromatic carbocycles. The van der Waals surface area contributed by atoms with Crippen molar-refractivity contribution in [2.75, 3.05) is 47.4 Å². The molecule has 54 heavy (non-hydrogen) atoms. The molecule has 296 valence electrons. The second-order valence-electron chi connectivity index (χ2n) is 14.5. The number of carboxylic acid groups (broad SMARTS) is 1. The van der Waals surface area contributed by atoms with Crippen molar-refractivity contribution in [1.82, 2.24) is 31.1 Å². The molecular formula is C39H56N6O9. The van der Waals surface area contributed by atoms with Crippen LogP contribution in [0.4, 0.5) is 0 Å². The Balaban J connectivity index is 0.00000253. The van der Waals surface area contributed by atoms with Crippen molar-refractivity contribution < 1.29 is 43.3 Å². The minimum absolute atomic E-state index is 0.0669. The lowest BCUT2D eigenvalue weighted by atomic mass is 10.0. The Morgan fingerprint density at radius 1 is 1.02 bits per heavy atom. The number of fused-ring (bicyclic) bond motifs is 17. The van der Waals surface area contributed by atoms with Crippen molar-refractivity contribution in [3.05, 3.63) is 59.7 Å². The van der Waals surface area contributed by atoms with Gasteiger partial charge in [0.05, 0.1) is 26.2 Å². The highest BCUT2D eigenvalue weighted by Gasteiger charge is 2.33. The van der Waals surface area contributed by atoms with E-state index in [0.717, 1.165) is 24.0 Å². The van der Waals surface area contributed by atoms with Crippen LogP contribution in [0, 0.1) is 11.8 Å². The molecule has 2 aromatic rings. The molecular weight excluding hydrogens is 696 g/mol. The maximum Gasteiger partial charge on any atom is 0.290 e. The maximum atomic E-state index is 14.0. The highest BCUT2D eigenvalue weighted by atomic mass is 16.5. The Morgan fingerprint density at radius 2 is 1.67 bits per heavy atom. The molecule has 1 fully saturated rings. The number of nitrogens with zero attached hydrogens (tertiary/aromatic N) is 2. The number of benzene rings is 2. The van der Waals surface area contributed by atoms with Crippen LogP contribution >= 0.6 is 0 Å². The number of nitrogens with one attached hydrogen (secondary N) is 4. The number of amides is 5. The zero-order valence-electron chi connectivity index (χ0n) is 32.1. The third kappa shape index (κ3) is 15.0. The molecule has 1 saturated carbocycles. The summed E-state index contributed by atoms with van der Waals surface area (Å²) in [5.41, 5.74) is 1.51. The second-order valence-corrected chi connectivity index (χ2v) is 14.5. The van der Waals surface area contributed by atoms with E-state index in [0.29, 0.717) is 30.4 Å². The van der Waals surface area contributed by atoms with Crippen molar-refractivity contribution in [3.8, 4) is 11.5 Å². The summed E-state index contributed by atoms with van der Waals surface area (Å²) in [5.74, 6) is -0.345. The Morgan fingerprint density at radius 3 is 2.24 bits per heavy atom. The van der Waals surface area contributed by atoms with Crippen LogP contribution < -0.4 is 30.7 Å². The van der Waals surface area contributed by atoms with Crippen molar-refractivity contribution in [3.63, 3.8) is 0 Å². The number of carbonyl (C=O) groups excluding carboxylic acids is 5. The van der Waals surface area contributed by atoms with E-state index in [1.54, 1.807) is 69.4 Å². The predicted molar refractivity (Wildman–Crippen MR) is 202 cm³/mol. The van der Waals surface area contributed by atoms with Gasteiger partial charge in [0.15, 0.2) is 0 Å². The number of likely N-dealkylation sites (N-methyl/N-ethyl adjacent to an activating group) is 1. The first-order valence-corrected chi connectivity index (χ1v) is 18.3. The molecule has 5 rings (SSSR count). The fraction of sp³-hybridized carbons (Fsp3) is 0.538. The van der Waals surface area contributed by atoms with Crippen LogP contribution in [-0.2, 0) is 41.6 Å². The van der Waals surface area contributed by atoms with E-state index in [1.165, 1.54) is 4.90 Å². The van der Waals surface area contributed by atoms with Crippen LogP contribution in [0.25, 0.3) is 0 Å². The van der Waals surface area contributed by atoms with Gasteiger partial charge in [0.25, 0.3) is 6.47 Å².